The zero-order valence-corrected chi connectivity index (χ0v) is 10.2. The van der Waals surface area contributed by atoms with Gasteiger partial charge in [0.05, 0.1) is 19.3 Å². The molecule has 2 N–H and O–H groups in total. The Bertz CT molecular complexity index is 483. The van der Waals surface area contributed by atoms with Crippen molar-refractivity contribution in [3.63, 3.8) is 0 Å². The predicted molar refractivity (Wildman–Crippen MR) is 66.3 cm³/mol. The number of benzene rings is 1. The molecule has 0 aliphatic rings. The molecule has 0 saturated carbocycles. The first kappa shape index (κ1) is 12.4. The number of hydrogen-bond donors (Lipinski definition) is 2. The van der Waals surface area contributed by atoms with Crippen molar-refractivity contribution in [1.29, 1.82) is 0 Å². The minimum atomic E-state index is 0.163. The number of rotatable bonds is 6. The molecule has 96 valence electrons. The first-order chi connectivity index (χ1) is 8.79. The van der Waals surface area contributed by atoms with Crippen LogP contribution in [0.15, 0.2) is 35.0 Å². The summed E-state index contributed by atoms with van der Waals surface area (Å²) in [6, 6.07) is 7.13. The molecule has 0 saturated heterocycles. The SMILES string of the molecule is CCOc1cc(CNCc2ccno2)ccc1O. The molecule has 5 heteroatoms. The molecule has 1 heterocycles. The molecule has 0 aliphatic carbocycles. The zero-order valence-electron chi connectivity index (χ0n) is 10.2. The summed E-state index contributed by atoms with van der Waals surface area (Å²) in [4.78, 5) is 0. The fourth-order valence-corrected chi connectivity index (χ4v) is 1.60. The molecular formula is C13H16N2O3. The van der Waals surface area contributed by atoms with Gasteiger partial charge in [-0.05, 0) is 24.6 Å². The summed E-state index contributed by atoms with van der Waals surface area (Å²) in [5.74, 6) is 1.46. The Labute approximate surface area is 105 Å². The maximum Gasteiger partial charge on any atom is 0.161 e. The minimum absolute atomic E-state index is 0.163. The van der Waals surface area contributed by atoms with E-state index in [4.69, 9.17) is 9.26 Å². The third-order valence-electron chi connectivity index (χ3n) is 2.44. The van der Waals surface area contributed by atoms with Crippen LogP contribution in [0.4, 0.5) is 0 Å². The molecule has 0 aliphatic heterocycles. The summed E-state index contributed by atoms with van der Waals surface area (Å²) in [7, 11) is 0. The highest BCUT2D eigenvalue weighted by molar-refractivity contribution is 5.41. The first-order valence-corrected chi connectivity index (χ1v) is 5.84. The summed E-state index contributed by atoms with van der Waals surface area (Å²) in [6.07, 6.45) is 1.62. The largest absolute Gasteiger partial charge is 0.504 e. The lowest BCUT2D eigenvalue weighted by atomic mass is 10.2. The second-order valence-electron chi connectivity index (χ2n) is 3.82. The molecular weight excluding hydrogens is 232 g/mol. The van der Waals surface area contributed by atoms with Crippen molar-refractivity contribution in [3.8, 4) is 11.5 Å². The topological polar surface area (TPSA) is 67.5 Å². The third-order valence-corrected chi connectivity index (χ3v) is 2.44. The minimum Gasteiger partial charge on any atom is -0.504 e. The van der Waals surface area contributed by atoms with Crippen LogP contribution in [0, 0.1) is 0 Å². The van der Waals surface area contributed by atoms with Crippen molar-refractivity contribution in [2.75, 3.05) is 6.61 Å². The summed E-state index contributed by atoms with van der Waals surface area (Å²) in [5.41, 5.74) is 1.04. The zero-order chi connectivity index (χ0) is 12.8. The molecule has 0 fully saturated rings. The van der Waals surface area contributed by atoms with E-state index in [-0.39, 0.29) is 5.75 Å². The van der Waals surface area contributed by atoms with Gasteiger partial charge < -0.3 is 19.7 Å². The fourth-order valence-electron chi connectivity index (χ4n) is 1.60. The Kier molecular flexibility index (Phi) is 4.20. The van der Waals surface area contributed by atoms with Gasteiger partial charge in [0.2, 0.25) is 0 Å². The number of nitrogens with zero attached hydrogens (tertiary/aromatic N) is 1. The van der Waals surface area contributed by atoms with E-state index in [1.165, 1.54) is 0 Å². The molecule has 0 bridgehead atoms. The molecule has 0 spiro atoms. The van der Waals surface area contributed by atoms with Crippen LogP contribution in [-0.2, 0) is 13.1 Å². The van der Waals surface area contributed by atoms with E-state index in [0.717, 1.165) is 11.3 Å². The molecule has 1 aromatic carbocycles. The number of phenolic OH excluding ortho intramolecular Hbond substituents is 1. The standard InChI is InChI=1S/C13H16N2O3/c1-2-17-13-7-10(3-4-12(13)16)8-14-9-11-5-6-15-18-11/h3-7,14,16H,2,8-9H2,1H3. The summed E-state index contributed by atoms with van der Waals surface area (Å²) in [6.45, 7) is 3.70. The van der Waals surface area contributed by atoms with Crippen LogP contribution < -0.4 is 10.1 Å². The van der Waals surface area contributed by atoms with E-state index in [2.05, 4.69) is 10.5 Å². The van der Waals surface area contributed by atoms with Gasteiger partial charge in [0.25, 0.3) is 0 Å². The number of aromatic hydroxyl groups is 1. The quantitative estimate of drug-likeness (QED) is 0.819. The summed E-state index contributed by atoms with van der Waals surface area (Å²) < 4.78 is 10.3. The second kappa shape index (κ2) is 6.07. The monoisotopic (exact) mass is 248 g/mol. The van der Waals surface area contributed by atoms with Gasteiger partial charge in [-0.1, -0.05) is 11.2 Å². The molecule has 0 atom stereocenters. The molecule has 0 unspecified atom stereocenters. The van der Waals surface area contributed by atoms with Gasteiger partial charge in [-0.15, -0.1) is 0 Å². The molecule has 0 radical (unpaired) electrons. The van der Waals surface area contributed by atoms with Gasteiger partial charge in [-0.2, -0.15) is 0 Å². The molecule has 2 rings (SSSR count). The smallest absolute Gasteiger partial charge is 0.161 e. The molecule has 18 heavy (non-hydrogen) atoms. The highest BCUT2D eigenvalue weighted by atomic mass is 16.5. The van der Waals surface area contributed by atoms with Gasteiger partial charge >= 0.3 is 0 Å². The highest BCUT2D eigenvalue weighted by Crippen LogP contribution is 2.26. The van der Waals surface area contributed by atoms with Crippen molar-refractivity contribution in [2.45, 2.75) is 20.0 Å². The second-order valence-corrected chi connectivity index (χ2v) is 3.82. The maximum atomic E-state index is 9.57. The van der Waals surface area contributed by atoms with Crippen LogP contribution in [0.3, 0.4) is 0 Å². The van der Waals surface area contributed by atoms with Gasteiger partial charge in [0.1, 0.15) is 5.76 Å². The Balaban J connectivity index is 1.90. The number of aromatic nitrogens is 1. The Hall–Kier alpha value is -2.01. The first-order valence-electron chi connectivity index (χ1n) is 5.84. The lowest BCUT2D eigenvalue weighted by molar-refractivity contribution is 0.317. The molecule has 0 amide bonds. The van der Waals surface area contributed by atoms with Crippen molar-refractivity contribution in [2.24, 2.45) is 0 Å². The normalized spacial score (nSPS) is 10.5. The maximum absolute atomic E-state index is 9.57. The van der Waals surface area contributed by atoms with Gasteiger partial charge in [-0.25, -0.2) is 0 Å². The van der Waals surface area contributed by atoms with Crippen LogP contribution in [0.2, 0.25) is 0 Å². The van der Waals surface area contributed by atoms with Crippen LogP contribution in [0.5, 0.6) is 11.5 Å². The van der Waals surface area contributed by atoms with Gasteiger partial charge in [0.15, 0.2) is 11.5 Å². The van der Waals surface area contributed by atoms with Crippen LogP contribution in [0.1, 0.15) is 18.2 Å². The van der Waals surface area contributed by atoms with E-state index in [1.807, 2.05) is 25.1 Å². The van der Waals surface area contributed by atoms with Crippen LogP contribution >= 0.6 is 0 Å². The van der Waals surface area contributed by atoms with E-state index in [1.54, 1.807) is 12.3 Å². The van der Waals surface area contributed by atoms with Crippen molar-refractivity contribution < 1.29 is 14.4 Å². The third kappa shape index (κ3) is 3.24. The van der Waals surface area contributed by atoms with E-state index < -0.39 is 0 Å². The van der Waals surface area contributed by atoms with Crippen molar-refractivity contribution in [1.82, 2.24) is 10.5 Å². The van der Waals surface area contributed by atoms with E-state index in [9.17, 15) is 5.11 Å². The Morgan fingerprint density at radius 2 is 2.22 bits per heavy atom. The van der Waals surface area contributed by atoms with Crippen molar-refractivity contribution >= 4 is 0 Å². The van der Waals surface area contributed by atoms with Crippen LogP contribution in [-0.4, -0.2) is 16.9 Å². The number of hydrogen-bond acceptors (Lipinski definition) is 5. The summed E-state index contributed by atoms with van der Waals surface area (Å²) >= 11 is 0. The lowest BCUT2D eigenvalue weighted by Gasteiger charge is -2.08. The fraction of sp³-hybridized carbons (Fsp3) is 0.308. The highest BCUT2D eigenvalue weighted by Gasteiger charge is 2.03. The average Bonchev–Trinajstić information content (AvgIpc) is 2.87. The molecule has 2 aromatic rings. The van der Waals surface area contributed by atoms with Gasteiger partial charge in [0, 0.05) is 12.6 Å². The lowest BCUT2D eigenvalue weighted by Crippen LogP contribution is -2.12. The number of phenols is 1. The molecule has 1 aromatic heterocycles. The Morgan fingerprint density at radius 1 is 1.33 bits per heavy atom. The van der Waals surface area contributed by atoms with Gasteiger partial charge in [-0.3, -0.25) is 0 Å². The van der Waals surface area contributed by atoms with E-state index in [0.29, 0.717) is 25.4 Å². The predicted octanol–water partition coefficient (Wildman–Crippen LogP) is 2.07. The summed E-state index contributed by atoms with van der Waals surface area (Å²) in [5, 5.41) is 16.4. The number of nitrogens with one attached hydrogen (secondary N) is 1. The molecule has 5 nitrogen and oxygen atoms in total. The van der Waals surface area contributed by atoms with Crippen LogP contribution in [0.25, 0.3) is 0 Å². The Morgan fingerprint density at radius 3 is 2.94 bits per heavy atom. The van der Waals surface area contributed by atoms with E-state index >= 15 is 0 Å². The van der Waals surface area contributed by atoms with Crippen molar-refractivity contribution in [3.05, 3.63) is 41.8 Å². The number of ether oxygens (including phenoxy) is 1. The average molecular weight is 248 g/mol.